The summed E-state index contributed by atoms with van der Waals surface area (Å²) in [7, 11) is 0. The van der Waals surface area contributed by atoms with Gasteiger partial charge in [-0.1, -0.05) is 5.21 Å². The highest BCUT2D eigenvalue weighted by atomic mass is 32.1. The van der Waals surface area contributed by atoms with Crippen LogP contribution in [0.2, 0.25) is 0 Å². The van der Waals surface area contributed by atoms with E-state index in [-0.39, 0.29) is 12.5 Å². The van der Waals surface area contributed by atoms with E-state index in [1.807, 2.05) is 12.3 Å². The minimum Gasteiger partial charge on any atom is -0.354 e. The number of thiazole rings is 1. The molecule has 8 heteroatoms. The number of rotatable bonds is 6. The van der Waals surface area contributed by atoms with Crippen molar-refractivity contribution in [1.29, 1.82) is 0 Å². The number of amides is 1. The van der Waals surface area contributed by atoms with Crippen LogP contribution in [0.3, 0.4) is 0 Å². The number of hydrogen-bond donors (Lipinski definition) is 2. The lowest BCUT2D eigenvalue weighted by Gasteiger charge is -2.03. The fraction of sp³-hybridized carbons (Fsp3) is 0.455. The number of nitrogens with one attached hydrogen (secondary N) is 1. The second kappa shape index (κ2) is 6.39. The van der Waals surface area contributed by atoms with Crippen LogP contribution in [0.4, 0.5) is 0 Å². The molecule has 102 valence electrons. The normalized spacial score (nSPS) is 10.6. The Kier molecular flexibility index (Phi) is 4.58. The van der Waals surface area contributed by atoms with Crippen molar-refractivity contribution >= 4 is 17.2 Å². The summed E-state index contributed by atoms with van der Waals surface area (Å²) in [6, 6.07) is 0. The van der Waals surface area contributed by atoms with Gasteiger partial charge in [0.1, 0.15) is 6.54 Å². The standard InChI is InChI=1S/C11H16N6OS/c1-8-14-9(7-19-8)2-3-13-11(18)6-17-5-10(4-12)15-16-17/h5,7H,2-4,6,12H2,1H3,(H,13,18). The molecule has 0 spiro atoms. The highest BCUT2D eigenvalue weighted by Gasteiger charge is 2.05. The molecule has 0 aliphatic rings. The first-order chi connectivity index (χ1) is 9.17. The first-order valence-electron chi connectivity index (χ1n) is 5.94. The third kappa shape index (κ3) is 4.11. The Morgan fingerprint density at radius 1 is 1.53 bits per heavy atom. The zero-order valence-corrected chi connectivity index (χ0v) is 11.5. The van der Waals surface area contributed by atoms with Crippen molar-refractivity contribution in [2.24, 2.45) is 5.73 Å². The van der Waals surface area contributed by atoms with E-state index in [1.165, 1.54) is 4.68 Å². The van der Waals surface area contributed by atoms with Crippen molar-refractivity contribution in [1.82, 2.24) is 25.3 Å². The van der Waals surface area contributed by atoms with Crippen LogP contribution < -0.4 is 11.1 Å². The van der Waals surface area contributed by atoms with Gasteiger partial charge in [-0.15, -0.1) is 16.4 Å². The summed E-state index contributed by atoms with van der Waals surface area (Å²) in [5.74, 6) is -0.0968. The van der Waals surface area contributed by atoms with E-state index in [4.69, 9.17) is 5.73 Å². The molecule has 7 nitrogen and oxygen atoms in total. The summed E-state index contributed by atoms with van der Waals surface area (Å²) in [4.78, 5) is 16.0. The van der Waals surface area contributed by atoms with Gasteiger partial charge in [-0.25, -0.2) is 9.67 Å². The molecule has 19 heavy (non-hydrogen) atoms. The highest BCUT2D eigenvalue weighted by molar-refractivity contribution is 7.09. The smallest absolute Gasteiger partial charge is 0.241 e. The van der Waals surface area contributed by atoms with Gasteiger partial charge in [0.15, 0.2) is 0 Å². The number of nitrogens with two attached hydrogens (primary N) is 1. The van der Waals surface area contributed by atoms with Crippen LogP contribution in [-0.2, 0) is 24.3 Å². The summed E-state index contributed by atoms with van der Waals surface area (Å²) >= 11 is 1.61. The third-order valence-electron chi connectivity index (χ3n) is 2.47. The SMILES string of the molecule is Cc1nc(CCNC(=O)Cn2cc(CN)nn2)cs1. The first-order valence-corrected chi connectivity index (χ1v) is 6.82. The zero-order valence-electron chi connectivity index (χ0n) is 10.7. The molecule has 0 aromatic carbocycles. The molecule has 0 aliphatic carbocycles. The molecule has 0 atom stereocenters. The molecule has 0 fully saturated rings. The van der Waals surface area contributed by atoms with E-state index in [9.17, 15) is 4.79 Å². The predicted molar refractivity (Wildman–Crippen MR) is 71.5 cm³/mol. The number of carbonyl (C=O) groups excluding carboxylic acids is 1. The molecule has 0 unspecified atom stereocenters. The molecule has 2 aromatic heterocycles. The summed E-state index contributed by atoms with van der Waals surface area (Å²) in [6.07, 6.45) is 2.41. The van der Waals surface area contributed by atoms with Gasteiger partial charge in [0.25, 0.3) is 0 Å². The zero-order chi connectivity index (χ0) is 13.7. The van der Waals surface area contributed by atoms with Crippen molar-refractivity contribution < 1.29 is 4.79 Å². The van der Waals surface area contributed by atoms with E-state index in [0.717, 1.165) is 17.1 Å². The molecule has 2 rings (SSSR count). The van der Waals surface area contributed by atoms with Crippen LogP contribution in [0.5, 0.6) is 0 Å². The summed E-state index contributed by atoms with van der Waals surface area (Å²) in [5, 5.41) is 13.5. The highest BCUT2D eigenvalue weighted by Crippen LogP contribution is 2.07. The maximum absolute atomic E-state index is 11.7. The topological polar surface area (TPSA) is 98.7 Å². The van der Waals surface area contributed by atoms with Crippen molar-refractivity contribution in [3.63, 3.8) is 0 Å². The van der Waals surface area contributed by atoms with Gasteiger partial charge < -0.3 is 11.1 Å². The predicted octanol–water partition coefficient (Wildman–Crippen LogP) is -0.139. The number of nitrogens with zero attached hydrogens (tertiary/aromatic N) is 4. The van der Waals surface area contributed by atoms with Crippen molar-refractivity contribution in [3.8, 4) is 0 Å². The first kappa shape index (κ1) is 13.6. The molecule has 2 heterocycles. The minimum atomic E-state index is -0.0968. The average Bonchev–Trinajstić information content (AvgIpc) is 2.98. The van der Waals surface area contributed by atoms with Crippen molar-refractivity contribution in [3.05, 3.63) is 28.0 Å². The molecule has 3 N–H and O–H groups in total. The Balaban J connectivity index is 1.72. The fourth-order valence-corrected chi connectivity index (χ4v) is 2.21. The van der Waals surface area contributed by atoms with Crippen LogP contribution in [0.15, 0.2) is 11.6 Å². The molecule has 0 bridgehead atoms. The Morgan fingerprint density at radius 2 is 2.37 bits per heavy atom. The lowest BCUT2D eigenvalue weighted by molar-refractivity contribution is -0.121. The molecular weight excluding hydrogens is 264 g/mol. The van der Waals surface area contributed by atoms with Crippen LogP contribution in [0.1, 0.15) is 16.4 Å². The van der Waals surface area contributed by atoms with Gasteiger partial charge in [0.05, 0.1) is 22.6 Å². The van der Waals surface area contributed by atoms with E-state index in [1.54, 1.807) is 17.5 Å². The summed E-state index contributed by atoms with van der Waals surface area (Å²) in [6.45, 7) is 3.01. The second-order valence-corrected chi connectivity index (χ2v) is 5.13. The lowest BCUT2D eigenvalue weighted by atomic mass is 10.3. The van der Waals surface area contributed by atoms with Crippen LogP contribution in [0, 0.1) is 6.92 Å². The Labute approximate surface area is 114 Å². The van der Waals surface area contributed by atoms with E-state index in [2.05, 4.69) is 20.6 Å². The van der Waals surface area contributed by atoms with Gasteiger partial charge in [-0.3, -0.25) is 4.79 Å². The van der Waals surface area contributed by atoms with E-state index >= 15 is 0 Å². The Hall–Kier alpha value is -1.80. The van der Waals surface area contributed by atoms with Gasteiger partial charge in [-0.2, -0.15) is 0 Å². The molecule has 0 saturated carbocycles. The van der Waals surface area contributed by atoms with Gasteiger partial charge in [-0.05, 0) is 6.92 Å². The largest absolute Gasteiger partial charge is 0.354 e. The van der Waals surface area contributed by atoms with Crippen LogP contribution in [-0.4, -0.2) is 32.4 Å². The van der Waals surface area contributed by atoms with Gasteiger partial charge >= 0.3 is 0 Å². The maximum Gasteiger partial charge on any atom is 0.241 e. The lowest BCUT2D eigenvalue weighted by Crippen LogP contribution is -2.29. The number of aryl methyl sites for hydroxylation is 1. The summed E-state index contributed by atoms with van der Waals surface area (Å²) in [5.41, 5.74) is 7.10. The fourth-order valence-electron chi connectivity index (χ4n) is 1.57. The molecule has 2 aromatic rings. The molecule has 0 aliphatic heterocycles. The second-order valence-electron chi connectivity index (χ2n) is 4.07. The van der Waals surface area contributed by atoms with Gasteiger partial charge in [0.2, 0.25) is 5.91 Å². The summed E-state index contributed by atoms with van der Waals surface area (Å²) < 4.78 is 1.48. The molecular formula is C11H16N6OS. The third-order valence-corrected chi connectivity index (χ3v) is 3.29. The van der Waals surface area contributed by atoms with Crippen molar-refractivity contribution in [2.45, 2.75) is 26.4 Å². The number of carbonyl (C=O) groups is 1. The number of hydrogen-bond acceptors (Lipinski definition) is 6. The maximum atomic E-state index is 11.7. The van der Waals surface area contributed by atoms with E-state index < -0.39 is 0 Å². The quantitative estimate of drug-likeness (QED) is 0.767. The monoisotopic (exact) mass is 280 g/mol. The number of aromatic nitrogens is 4. The van der Waals surface area contributed by atoms with Crippen molar-refractivity contribution in [2.75, 3.05) is 6.54 Å². The van der Waals surface area contributed by atoms with Gasteiger partial charge in [0, 0.05) is 24.9 Å². The average molecular weight is 280 g/mol. The van der Waals surface area contributed by atoms with E-state index in [0.29, 0.717) is 18.8 Å². The minimum absolute atomic E-state index is 0.0968. The Bertz CT molecular complexity index is 549. The Morgan fingerprint density at radius 3 is 3.00 bits per heavy atom. The molecule has 0 saturated heterocycles. The van der Waals surface area contributed by atoms with Crippen LogP contribution in [0.25, 0.3) is 0 Å². The molecule has 0 radical (unpaired) electrons. The van der Waals surface area contributed by atoms with Crippen LogP contribution >= 0.6 is 11.3 Å². The molecule has 1 amide bonds.